The zero-order valence-electron chi connectivity index (χ0n) is 16.6. The van der Waals surface area contributed by atoms with Gasteiger partial charge >= 0.3 is 13.1 Å². The Hall–Kier alpha value is -3.21. The van der Waals surface area contributed by atoms with Gasteiger partial charge in [-0.05, 0) is 49.8 Å². The number of carboxylic acids is 1. The highest BCUT2D eigenvalue weighted by atomic mass is 16.5. The summed E-state index contributed by atoms with van der Waals surface area (Å²) in [4.78, 5) is 36.8. The Kier molecular flexibility index (Phi) is 8.11. The van der Waals surface area contributed by atoms with Crippen molar-refractivity contribution in [1.82, 2.24) is 10.2 Å². The Morgan fingerprint density at radius 3 is 2.50 bits per heavy atom. The molecule has 0 aliphatic rings. The van der Waals surface area contributed by atoms with Gasteiger partial charge in [0, 0.05) is 12.1 Å². The van der Waals surface area contributed by atoms with E-state index < -0.39 is 24.9 Å². The minimum Gasteiger partial charge on any atom is -0.478 e. The van der Waals surface area contributed by atoms with Gasteiger partial charge < -0.3 is 30.1 Å². The number of carbonyl (C=O) groups is 3. The molecule has 0 radical (unpaired) electrons. The number of hydrogen-bond donors (Lipinski definition) is 4. The van der Waals surface area contributed by atoms with Crippen molar-refractivity contribution >= 4 is 25.5 Å². The average Bonchev–Trinajstić information content (AvgIpc) is 2.68. The SMILES string of the molecule is CN(C)Cc1cccc(C(=O)N[C@@H](Cc2cccc(C(=O)O)c2OC=O)B(O)O)c1. The molecule has 2 aromatic rings. The summed E-state index contributed by atoms with van der Waals surface area (Å²) in [7, 11) is 1.86. The van der Waals surface area contributed by atoms with E-state index in [9.17, 15) is 29.5 Å². The summed E-state index contributed by atoms with van der Waals surface area (Å²) in [5, 5.41) is 31.3. The summed E-state index contributed by atoms with van der Waals surface area (Å²) in [6.45, 7) is 0.714. The number of nitrogens with zero attached hydrogens (tertiary/aromatic N) is 1. The van der Waals surface area contributed by atoms with Crippen molar-refractivity contribution in [2.75, 3.05) is 14.1 Å². The number of rotatable bonds is 10. The van der Waals surface area contributed by atoms with Crippen molar-refractivity contribution in [3.05, 3.63) is 64.7 Å². The number of ether oxygens (including phenoxy) is 1. The number of benzene rings is 2. The molecule has 4 N–H and O–H groups in total. The predicted molar refractivity (Wildman–Crippen MR) is 109 cm³/mol. The van der Waals surface area contributed by atoms with Gasteiger partial charge in [0.05, 0.1) is 5.94 Å². The van der Waals surface area contributed by atoms with E-state index in [-0.39, 0.29) is 29.8 Å². The predicted octanol–water partition coefficient (Wildman–Crippen LogP) is 0.335. The van der Waals surface area contributed by atoms with Crippen LogP contribution in [-0.2, 0) is 17.8 Å². The highest BCUT2D eigenvalue weighted by Crippen LogP contribution is 2.25. The Morgan fingerprint density at radius 1 is 1.20 bits per heavy atom. The van der Waals surface area contributed by atoms with Crippen LogP contribution in [0.5, 0.6) is 5.75 Å². The maximum absolute atomic E-state index is 12.6. The molecule has 2 rings (SSSR count). The number of para-hydroxylation sites is 1. The first kappa shape index (κ1) is 23.1. The second kappa shape index (κ2) is 10.5. The molecule has 0 saturated carbocycles. The topological polar surface area (TPSA) is 136 Å². The fraction of sp³-hybridized carbons (Fsp3) is 0.250. The summed E-state index contributed by atoms with van der Waals surface area (Å²) in [5.74, 6) is -3.22. The minimum absolute atomic E-state index is 0.0878. The van der Waals surface area contributed by atoms with Crippen LogP contribution in [0.15, 0.2) is 42.5 Å². The number of amides is 1. The van der Waals surface area contributed by atoms with Gasteiger partial charge in [-0.3, -0.25) is 9.59 Å². The number of carboxylic acid groups (broad SMARTS) is 1. The smallest absolute Gasteiger partial charge is 0.475 e. The normalized spacial score (nSPS) is 11.6. The monoisotopic (exact) mass is 414 g/mol. The van der Waals surface area contributed by atoms with Crippen LogP contribution in [-0.4, -0.2) is 65.6 Å². The molecular formula is C20H23BN2O7. The summed E-state index contributed by atoms with van der Waals surface area (Å²) < 4.78 is 4.81. The molecule has 0 aromatic heterocycles. The second-order valence-electron chi connectivity index (χ2n) is 6.95. The lowest BCUT2D eigenvalue weighted by molar-refractivity contribution is -0.120. The molecule has 0 heterocycles. The summed E-state index contributed by atoms with van der Waals surface area (Å²) in [6.07, 6.45) is -0.176. The Morgan fingerprint density at radius 2 is 1.90 bits per heavy atom. The quantitative estimate of drug-likeness (QED) is 0.323. The summed E-state index contributed by atoms with van der Waals surface area (Å²) in [5.41, 5.74) is 1.21. The minimum atomic E-state index is -1.93. The molecule has 0 unspecified atom stereocenters. The fourth-order valence-electron chi connectivity index (χ4n) is 3.00. The van der Waals surface area contributed by atoms with Gasteiger partial charge in [-0.2, -0.15) is 0 Å². The molecular weight excluding hydrogens is 391 g/mol. The zero-order chi connectivity index (χ0) is 22.3. The lowest BCUT2D eigenvalue weighted by Gasteiger charge is -2.20. The lowest BCUT2D eigenvalue weighted by Crippen LogP contribution is -2.48. The van der Waals surface area contributed by atoms with E-state index in [1.54, 1.807) is 18.2 Å². The van der Waals surface area contributed by atoms with E-state index in [2.05, 4.69) is 5.32 Å². The van der Waals surface area contributed by atoms with Crippen molar-refractivity contribution < 1.29 is 34.3 Å². The first-order valence-electron chi connectivity index (χ1n) is 9.09. The second-order valence-corrected chi connectivity index (χ2v) is 6.95. The van der Waals surface area contributed by atoms with Gasteiger partial charge in [0.15, 0.2) is 0 Å². The molecule has 0 aliphatic carbocycles. The van der Waals surface area contributed by atoms with Crippen molar-refractivity contribution in [2.45, 2.75) is 18.9 Å². The van der Waals surface area contributed by atoms with Crippen LogP contribution in [0, 0.1) is 0 Å². The molecule has 158 valence electrons. The van der Waals surface area contributed by atoms with Crippen molar-refractivity contribution in [2.24, 2.45) is 0 Å². The van der Waals surface area contributed by atoms with Crippen LogP contribution >= 0.6 is 0 Å². The van der Waals surface area contributed by atoms with Gasteiger partial charge in [-0.15, -0.1) is 0 Å². The number of carbonyl (C=O) groups excluding carboxylic acids is 2. The van der Waals surface area contributed by atoms with Crippen LogP contribution in [0.25, 0.3) is 0 Å². The van der Waals surface area contributed by atoms with Crippen molar-refractivity contribution in [3.63, 3.8) is 0 Å². The van der Waals surface area contributed by atoms with Gasteiger partial charge in [0.25, 0.3) is 12.4 Å². The molecule has 1 atom stereocenters. The van der Waals surface area contributed by atoms with Crippen LogP contribution in [0.4, 0.5) is 0 Å². The molecule has 9 nitrogen and oxygen atoms in total. The number of nitrogens with one attached hydrogen (secondary N) is 1. The van der Waals surface area contributed by atoms with Crippen molar-refractivity contribution in [1.29, 1.82) is 0 Å². The van der Waals surface area contributed by atoms with Gasteiger partial charge in [0.1, 0.15) is 11.3 Å². The number of hydrogen-bond acceptors (Lipinski definition) is 7. The lowest BCUT2D eigenvalue weighted by atomic mass is 9.75. The van der Waals surface area contributed by atoms with E-state index in [4.69, 9.17) is 4.74 Å². The third-order valence-corrected chi connectivity index (χ3v) is 4.30. The van der Waals surface area contributed by atoms with Crippen LogP contribution in [0.3, 0.4) is 0 Å². The molecule has 10 heteroatoms. The Labute approximate surface area is 174 Å². The average molecular weight is 414 g/mol. The highest BCUT2D eigenvalue weighted by molar-refractivity contribution is 6.43. The van der Waals surface area contributed by atoms with E-state index in [0.717, 1.165) is 5.56 Å². The molecule has 0 spiro atoms. The largest absolute Gasteiger partial charge is 0.478 e. The maximum Gasteiger partial charge on any atom is 0.475 e. The highest BCUT2D eigenvalue weighted by Gasteiger charge is 2.28. The third-order valence-electron chi connectivity index (χ3n) is 4.30. The molecule has 2 aromatic carbocycles. The molecule has 0 bridgehead atoms. The van der Waals surface area contributed by atoms with E-state index in [1.807, 2.05) is 25.1 Å². The summed E-state index contributed by atoms with van der Waals surface area (Å²) >= 11 is 0. The first-order chi connectivity index (χ1) is 14.2. The van der Waals surface area contributed by atoms with Crippen LogP contribution in [0.2, 0.25) is 0 Å². The Bertz CT molecular complexity index is 918. The van der Waals surface area contributed by atoms with Crippen LogP contribution in [0.1, 0.15) is 31.8 Å². The summed E-state index contributed by atoms with van der Waals surface area (Å²) in [6, 6.07) is 11.1. The van der Waals surface area contributed by atoms with Gasteiger partial charge in [-0.1, -0.05) is 24.3 Å². The van der Waals surface area contributed by atoms with Crippen LogP contribution < -0.4 is 10.1 Å². The molecule has 0 aliphatic heterocycles. The van der Waals surface area contributed by atoms with E-state index in [1.165, 1.54) is 18.2 Å². The maximum atomic E-state index is 12.6. The zero-order valence-corrected chi connectivity index (χ0v) is 16.6. The molecule has 30 heavy (non-hydrogen) atoms. The third kappa shape index (κ3) is 6.15. The van der Waals surface area contributed by atoms with Gasteiger partial charge in [-0.25, -0.2) is 4.79 Å². The standard InChI is InChI=1S/C20H23BN2O7/c1-23(2)11-13-5-3-7-15(9-13)19(25)22-17(21(28)29)10-14-6-4-8-16(20(26)27)18(14)30-12-24/h3-9,12,17,28-29H,10-11H2,1-2H3,(H,22,25)(H,26,27)/t17-/m0/s1. The first-order valence-corrected chi connectivity index (χ1v) is 9.09. The molecule has 1 amide bonds. The number of aromatic carboxylic acids is 1. The van der Waals surface area contributed by atoms with E-state index >= 15 is 0 Å². The Balaban J connectivity index is 2.25. The van der Waals surface area contributed by atoms with E-state index in [0.29, 0.717) is 12.1 Å². The van der Waals surface area contributed by atoms with Crippen molar-refractivity contribution in [3.8, 4) is 5.75 Å². The van der Waals surface area contributed by atoms with Gasteiger partial charge in [0.2, 0.25) is 0 Å². The fourth-order valence-corrected chi connectivity index (χ4v) is 3.00. The molecule has 0 fully saturated rings. The molecule has 0 saturated heterocycles.